The first-order chi connectivity index (χ1) is 15.0. The van der Waals surface area contributed by atoms with Gasteiger partial charge in [-0.15, -0.1) is 0 Å². The number of benzene rings is 2. The van der Waals surface area contributed by atoms with Crippen LogP contribution in [-0.2, 0) is 16.2 Å². The minimum Gasteiger partial charge on any atom is -0.455 e. The largest absolute Gasteiger partial charge is 0.455 e. The summed E-state index contributed by atoms with van der Waals surface area (Å²) in [6, 6.07) is 9.46. The van der Waals surface area contributed by atoms with Crippen LogP contribution >= 0.6 is 11.6 Å². The molecular weight excluding hydrogens is 473 g/mol. The lowest BCUT2D eigenvalue weighted by Crippen LogP contribution is -2.15. The quantitative estimate of drug-likeness (QED) is 0.385. The predicted octanol–water partition coefficient (Wildman–Crippen LogP) is 4.52. The molecule has 0 fully saturated rings. The molecule has 166 valence electrons. The topological polar surface area (TPSA) is 117 Å². The third kappa shape index (κ3) is 4.41. The molecule has 0 saturated heterocycles. The molecule has 0 radical (unpaired) electrons. The van der Waals surface area contributed by atoms with Gasteiger partial charge in [-0.3, -0.25) is 9.71 Å². The van der Waals surface area contributed by atoms with E-state index < -0.39 is 37.4 Å². The number of fused-ring (bicyclic) bond motifs is 1. The van der Waals surface area contributed by atoms with Gasteiger partial charge in [0.15, 0.2) is 11.4 Å². The number of H-pyrrole nitrogens is 2. The second-order valence-corrected chi connectivity index (χ2v) is 8.57. The molecule has 4 rings (SSSR count). The number of hydrogen-bond acceptors (Lipinski definition) is 5. The molecule has 8 nitrogen and oxygen atoms in total. The molecule has 3 N–H and O–H groups in total. The molecule has 0 aliphatic heterocycles. The van der Waals surface area contributed by atoms with Gasteiger partial charge in [0.05, 0.1) is 15.5 Å². The number of imidazole rings is 1. The maximum atomic E-state index is 13.0. The van der Waals surface area contributed by atoms with Gasteiger partial charge >= 0.3 is 11.9 Å². The number of nitrogens with one attached hydrogen (secondary N) is 3. The molecular formula is C19H12ClF3N4O4S. The van der Waals surface area contributed by atoms with Gasteiger partial charge in [0.25, 0.3) is 10.0 Å². The van der Waals surface area contributed by atoms with Crippen LogP contribution in [0.1, 0.15) is 5.56 Å². The summed E-state index contributed by atoms with van der Waals surface area (Å²) in [5.74, 6) is 0.621. The van der Waals surface area contributed by atoms with E-state index in [4.69, 9.17) is 16.3 Å². The Morgan fingerprint density at radius 1 is 1.03 bits per heavy atom. The van der Waals surface area contributed by atoms with Gasteiger partial charge in [0.2, 0.25) is 0 Å². The smallest absolute Gasteiger partial charge is 0.417 e. The minimum absolute atomic E-state index is 0.0933. The molecule has 2 aromatic carbocycles. The molecule has 0 aliphatic carbocycles. The van der Waals surface area contributed by atoms with E-state index >= 15 is 0 Å². The zero-order valence-corrected chi connectivity index (χ0v) is 17.3. The van der Waals surface area contributed by atoms with Gasteiger partial charge in [-0.05, 0) is 42.5 Å². The molecule has 32 heavy (non-hydrogen) atoms. The molecule has 0 bridgehead atoms. The molecule has 0 spiro atoms. The maximum absolute atomic E-state index is 13.0. The fraction of sp³-hybridized carbons (Fsp3) is 0.0526. The normalized spacial score (nSPS) is 12.1. The maximum Gasteiger partial charge on any atom is 0.417 e. The summed E-state index contributed by atoms with van der Waals surface area (Å²) in [4.78, 5) is 19.9. The van der Waals surface area contributed by atoms with Crippen LogP contribution < -0.4 is 15.1 Å². The summed E-state index contributed by atoms with van der Waals surface area (Å²) < 4.78 is 72.0. The Labute approximate surface area is 183 Å². The van der Waals surface area contributed by atoms with Crippen LogP contribution in [0.5, 0.6) is 11.5 Å². The Kier molecular flexibility index (Phi) is 5.34. The highest BCUT2D eigenvalue weighted by Crippen LogP contribution is 2.36. The van der Waals surface area contributed by atoms with Crippen molar-refractivity contribution in [3.63, 3.8) is 0 Å². The lowest BCUT2D eigenvalue weighted by molar-refractivity contribution is -0.137. The van der Waals surface area contributed by atoms with Gasteiger partial charge in [0.1, 0.15) is 11.3 Å². The zero-order valence-electron chi connectivity index (χ0n) is 15.7. The lowest BCUT2D eigenvalue weighted by Gasteiger charge is -2.13. The molecule has 0 unspecified atom stereocenters. The van der Waals surface area contributed by atoms with Crippen LogP contribution in [0.3, 0.4) is 0 Å². The number of pyridine rings is 1. The summed E-state index contributed by atoms with van der Waals surface area (Å²) in [5.41, 5.74) is -0.958. The Balaban J connectivity index is 1.55. The van der Waals surface area contributed by atoms with E-state index in [0.29, 0.717) is 28.7 Å². The van der Waals surface area contributed by atoms with Crippen molar-refractivity contribution in [3.8, 4) is 11.5 Å². The number of ether oxygens (including phenoxy) is 1. The van der Waals surface area contributed by atoms with Crippen molar-refractivity contribution in [3.05, 3.63) is 75.8 Å². The average molecular weight is 485 g/mol. The number of anilines is 1. The molecule has 4 aromatic rings. The molecule has 2 aromatic heterocycles. The number of sulfonamides is 1. The molecule has 0 atom stereocenters. The Morgan fingerprint density at radius 3 is 2.44 bits per heavy atom. The third-order valence-electron chi connectivity index (χ3n) is 4.27. The summed E-state index contributed by atoms with van der Waals surface area (Å²) >= 11 is 5.54. The first-order valence-electron chi connectivity index (χ1n) is 8.77. The number of rotatable bonds is 5. The minimum atomic E-state index is -4.80. The fourth-order valence-electron chi connectivity index (χ4n) is 2.82. The highest BCUT2D eigenvalue weighted by atomic mass is 35.5. The fourth-order valence-corrected chi connectivity index (χ4v) is 4.13. The number of hydrogen-bond donors (Lipinski definition) is 3. The highest BCUT2D eigenvalue weighted by Gasteiger charge is 2.34. The number of alkyl halides is 3. The van der Waals surface area contributed by atoms with Crippen LogP contribution in [0, 0.1) is 0 Å². The second-order valence-electron chi connectivity index (χ2n) is 6.48. The van der Waals surface area contributed by atoms with Crippen molar-refractivity contribution in [1.29, 1.82) is 0 Å². The van der Waals surface area contributed by atoms with Gasteiger partial charge in [-0.1, -0.05) is 11.6 Å². The van der Waals surface area contributed by atoms with Crippen LogP contribution in [0.2, 0.25) is 5.02 Å². The number of nitrogens with zero attached hydrogens (tertiary/aromatic N) is 1. The van der Waals surface area contributed by atoms with Crippen molar-refractivity contribution in [2.45, 2.75) is 11.1 Å². The molecule has 13 heteroatoms. The highest BCUT2D eigenvalue weighted by molar-refractivity contribution is 7.92. The van der Waals surface area contributed by atoms with E-state index in [1.54, 1.807) is 0 Å². The SMILES string of the molecule is O=c1[nH]c2nccc(Oc3ccc(NS(=O)(=O)c4ccc(Cl)c(C(F)(F)F)c4)cc3)c2[nH]1. The Bertz CT molecular complexity index is 1460. The average Bonchev–Trinajstić information content (AvgIpc) is 3.10. The summed E-state index contributed by atoms with van der Waals surface area (Å²) in [5, 5.41) is -0.605. The van der Waals surface area contributed by atoms with Crippen molar-refractivity contribution < 1.29 is 26.3 Å². The second kappa shape index (κ2) is 7.88. The van der Waals surface area contributed by atoms with Crippen molar-refractivity contribution in [1.82, 2.24) is 15.0 Å². The van der Waals surface area contributed by atoms with Crippen molar-refractivity contribution >= 4 is 38.5 Å². The van der Waals surface area contributed by atoms with Crippen molar-refractivity contribution in [2.24, 2.45) is 0 Å². The van der Waals surface area contributed by atoms with Crippen molar-refractivity contribution in [2.75, 3.05) is 4.72 Å². The van der Waals surface area contributed by atoms with Crippen LogP contribution in [0.25, 0.3) is 11.2 Å². The summed E-state index contributed by atoms with van der Waals surface area (Å²) in [6.45, 7) is 0. The Hall–Kier alpha value is -3.51. The monoisotopic (exact) mass is 484 g/mol. The van der Waals surface area contributed by atoms with Crippen LogP contribution in [0.15, 0.2) is 64.4 Å². The standard InChI is InChI=1S/C19H12ClF3N4O4S/c20-14-6-5-12(9-13(14)19(21,22)23)32(29,30)27-10-1-3-11(4-2-10)31-15-7-8-24-17-16(15)25-18(28)26-17/h1-9,27H,(H2,24,25,26,28). The predicted molar refractivity (Wildman–Crippen MR) is 110 cm³/mol. The number of aromatic amines is 2. The molecule has 0 amide bonds. The van der Waals surface area contributed by atoms with E-state index in [9.17, 15) is 26.4 Å². The summed E-state index contributed by atoms with van der Waals surface area (Å²) in [6.07, 6.45) is -3.37. The van der Waals surface area contributed by atoms with E-state index in [1.807, 2.05) is 0 Å². The number of aromatic nitrogens is 3. The van der Waals surface area contributed by atoms with Gasteiger partial charge < -0.3 is 9.72 Å². The van der Waals surface area contributed by atoms with Crippen LogP contribution in [0.4, 0.5) is 18.9 Å². The Morgan fingerprint density at radius 2 is 1.75 bits per heavy atom. The first kappa shape index (κ1) is 21.7. The summed E-state index contributed by atoms with van der Waals surface area (Å²) in [7, 11) is -4.31. The van der Waals surface area contributed by atoms with E-state index in [1.165, 1.54) is 36.5 Å². The van der Waals surface area contributed by atoms with Crippen LogP contribution in [-0.4, -0.2) is 23.4 Å². The molecule has 0 saturated carbocycles. The van der Waals surface area contributed by atoms with E-state index in [-0.39, 0.29) is 5.69 Å². The molecule has 2 heterocycles. The van der Waals surface area contributed by atoms with Gasteiger partial charge in [-0.25, -0.2) is 18.2 Å². The van der Waals surface area contributed by atoms with E-state index in [0.717, 1.165) is 12.1 Å². The number of halogens is 4. The van der Waals surface area contributed by atoms with Gasteiger partial charge in [-0.2, -0.15) is 13.2 Å². The molecule has 0 aliphatic rings. The van der Waals surface area contributed by atoms with Gasteiger partial charge in [0, 0.05) is 18.0 Å². The zero-order chi connectivity index (χ0) is 23.1. The first-order valence-corrected chi connectivity index (χ1v) is 10.6. The van der Waals surface area contributed by atoms with E-state index in [2.05, 4.69) is 19.7 Å². The lowest BCUT2D eigenvalue weighted by atomic mass is 10.2. The third-order valence-corrected chi connectivity index (χ3v) is 5.98.